The number of hydrogen-bond acceptors (Lipinski definition) is 1. The van der Waals surface area contributed by atoms with Crippen molar-refractivity contribution in [2.24, 2.45) is 5.92 Å². The Morgan fingerprint density at radius 1 is 1.05 bits per heavy atom. The number of fused-ring (bicyclic) bond motifs is 3. The van der Waals surface area contributed by atoms with Crippen LogP contribution in [-0.4, -0.2) is 13.1 Å². The molecule has 0 radical (unpaired) electrons. The van der Waals surface area contributed by atoms with Gasteiger partial charge in [-0.1, -0.05) is 47.5 Å². The molecule has 1 heterocycles. The van der Waals surface area contributed by atoms with Crippen molar-refractivity contribution in [2.75, 3.05) is 13.1 Å². The average molecular weight is 318 g/mol. The molecule has 3 heteroatoms. The van der Waals surface area contributed by atoms with Crippen LogP contribution in [0.4, 0.5) is 0 Å². The summed E-state index contributed by atoms with van der Waals surface area (Å²) < 4.78 is 0. The predicted octanol–water partition coefficient (Wildman–Crippen LogP) is 4.91. The number of rotatable bonds is 1. The molecule has 1 N–H and O–H groups in total. The van der Waals surface area contributed by atoms with Gasteiger partial charge in [0.05, 0.1) is 0 Å². The second kappa shape index (κ2) is 5.31. The zero-order valence-corrected chi connectivity index (χ0v) is 13.2. The Morgan fingerprint density at radius 3 is 2.81 bits per heavy atom. The van der Waals surface area contributed by atoms with E-state index in [1.807, 2.05) is 18.2 Å². The van der Waals surface area contributed by atoms with Gasteiger partial charge in [-0.25, -0.2) is 0 Å². The van der Waals surface area contributed by atoms with Crippen molar-refractivity contribution >= 4 is 23.2 Å². The normalized spacial score (nSPS) is 23.7. The Morgan fingerprint density at radius 2 is 1.95 bits per heavy atom. The van der Waals surface area contributed by atoms with E-state index in [-0.39, 0.29) is 0 Å². The van der Waals surface area contributed by atoms with Crippen molar-refractivity contribution in [1.29, 1.82) is 0 Å². The molecule has 0 bridgehead atoms. The molecule has 0 aromatic heterocycles. The fourth-order valence-electron chi connectivity index (χ4n) is 3.92. The van der Waals surface area contributed by atoms with Gasteiger partial charge in [-0.2, -0.15) is 0 Å². The summed E-state index contributed by atoms with van der Waals surface area (Å²) in [6, 6.07) is 12.4. The van der Waals surface area contributed by atoms with Gasteiger partial charge in [0.25, 0.3) is 0 Å². The summed E-state index contributed by atoms with van der Waals surface area (Å²) in [6.07, 6.45) is 2.45. The highest BCUT2D eigenvalue weighted by Crippen LogP contribution is 2.45. The first-order chi connectivity index (χ1) is 10.2. The van der Waals surface area contributed by atoms with E-state index in [0.29, 0.717) is 10.9 Å². The van der Waals surface area contributed by atoms with Crippen LogP contribution in [0.3, 0.4) is 0 Å². The largest absolute Gasteiger partial charge is 0.316 e. The smallest absolute Gasteiger partial charge is 0.0499 e. The Balaban J connectivity index is 1.84. The van der Waals surface area contributed by atoms with Crippen molar-refractivity contribution in [1.82, 2.24) is 5.32 Å². The molecule has 0 amide bonds. The second-order valence-corrected chi connectivity index (χ2v) is 6.90. The molecule has 2 aromatic rings. The quantitative estimate of drug-likeness (QED) is 0.788. The van der Waals surface area contributed by atoms with E-state index in [0.717, 1.165) is 29.6 Å². The van der Waals surface area contributed by atoms with Gasteiger partial charge < -0.3 is 5.32 Å². The maximum atomic E-state index is 6.42. The highest BCUT2D eigenvalue weighted by atomic mass is 35.5. The molecule has 0 saturated carbocycles. The average Bonchev–Trinajstić information content (AvgIpc) is 2.86. The SMILES string of the molecule is Clc1ccc(-c2cccc3c2C[C@H]2CCNC[C@@H]32)c(Cl)c1. The maximum absolute atomic E-state index is 6.42. The van der Waals surface area contributed by atoms with Gasteiger partial charge >= 0.3 is 0 Å². The zero-order chi connectivity index (χ0) is 14.4. The van der Waals surface area contributed by atoms with Crippen LogP contribution in [-0.2, 0) is 6.42 Å². The summed E-state index contributed by atoms with van der Waals surface area (Å²) in [5.41, 5.74) is 5.38. The molecular weight excluding hydrogens is 301 g/mol. The highest BCUT2D eigenvalue weighted by molar-refractivity contribution is 6.36. The molecule has 1 nitrogen and oxygen atoms in total. The molecule has 1 saturated heterocycles. The van der Waals surface area contributed by atoms with Crippen LogP contribution >= 0.6 is 23.2 Å². The van der Waals surface area contributed by atoms with Crippen LogP contribution in [0.2, 0.25) is 10.0 Å². The van der Waals surface area contributed by atoms with Crippen LogP contribution in [0.1, 0.15) is 23.5 Å². The Bertz CT molecular complexity index is 696. The molecule has 2 atom stereocenters. The maximum Gasteiger partial charge on any atom is 0.0499 e. The molecule has 2 aromatic carbocycles. The fourth-order valence-corrected chi connectivity index (χ4v) is 4.43. The molecule has 1 aliphatic heterocycles. The van der Waals surface area contributed by atoms with Crippen LogP contribution in [0, 0.1) is 5.92 Å². The van der Waals surface area contributed by atoms with Gasteiger partial charge in [-0.05, 0) is 60.0 Å². The van der Waals surface area contributed by atoms with E-state index in [1.54, 1.807) is 0 Å². The minimum absolute atomic E-state index is 0.666. The van der Waals surface area contributed by atoms with E-state index >= 15 is 0 Å². The van der Waals surface area contributed by atoms with Crippen molar-refractivity contribution in [2.45, 2.75) is 18.8 Å². The highest BCUT2D eigenvalue weighted by Gasteiger charge is 2.35. The van der Waals surface area contributed by atoms with E-state index < -0.39 is 0 Å². The number of nitrogens with one attached hydrogen (secondary N) is 1. The molecule has 2 aliphatic rings. The summed E-state index contributed by atoms with van der Waals surface area (Å²) in [5, 5.41) is 4.96. The third-order valence-corrected chi connectivity index (χ3v) is 5.47. The minimum atomic E-state index is 0.666. The number of benzene rings is 2. The number of halogens is 2. The third-order valence-electron chi connectivity index (χ3n) is 4.92. The summed E-state index contributed by atoms with van der Waals surface area (Å²) in [4.78, 5) is 0. The van der Waals surface area contributed by atoms with Gasteiger partial charge in [0.1, 0.15) is 0 Å². The molecule has 4 rings (SSSR count). The lowest BCUT2D eigenvalue weighted by Crippen LogP contribution is -2.32. The molecule has 21 heavy (non-hydrogen) atoms. The monoisotopic (exact) mass is 317 g/mol. The zero-order valence-electron chi connectivity index (χ0n) is 11.7. The first-order valence-corrected chi connectivity index (χ1v) is 8.27. The lowest BCUT2D eigenvalue weighted by molar-refractivity contribution is 0.347. The first kappa shape index (κ1) is 13.6. The summed E-state index contributed by atoms with van der Waals surface area (Å²) >= 11 is 12.5. The van der Waals surface area contributed by atoms with Gasteiger partial charge in [0, 0.05) is 22.2 Å². The third kappa shape index (κ3) is 2.28. The predicted molar refractivity (Wildman–Crippen MR) is 89.3 cm³/mol. The van der Waals surface area contributed by atoms with Gasteiger partial charge in [0.15, 0.2) is 0 Å². The van der Waals surface area contributed by atoms with Crippen LogP contribution in [0.15, 0.2) is 36.4 Å². The van der Waals surface area contributed by atoms with E-state index in [9.17, 15) is 0 Å². The topological polar surface area (TPSA) is 12.0 Å². The molecule has 108 valence electrons. The van der Waals surface area contributed by atoms with E-state index in [1.165, 1.54) is 29.5 Å². The Kier molecular flexibility index (Phi) is 3.45. The molecular formula is C18H17Cl2N. The van der Waals surface area contributed by atoms with Crippen molar-refractivity contribution in [3.63, 3.8) is 0 Å². The van der Waals surface area contributed by atoms with Crippen LogP contribution < -0.4 is 5.32 Å². The van der Waals surface area contributed by atoms with Gasteiger partial charge in [-0.3, -0.25) is 0 Å². The lowest BCUT2D eigenvalue weighted by Gasteiger charge is -2.26. The number of piperidine rings is 1. The first-order valence-electron chi connectivity index (χ1n) is 7.52. The molecule has 1 fully saturated rings. The van der Waals surface area contributed by atoms with Gasteiger partial charge in [-0.15, -0.1) is 0 Å². The van der Waals surface area contributed by atoms with Gasteiger partial charge in [0.2, 0.25) is 0 Å². The standard InChI is InChI=1S/C18H17Cl2N/c19-12-4-5-15(18(20)9-12)13-2-1-3-14-16(13)8-11-6-7-21-10-17(11)14/h1-5,9,11,17,21H,6-8,10H2/t11-,17-/m1/s1. The lowest BCUT2D eigenvalue weighted by atomic mass is 9.87. The summed E-state index contributed by atoms with van der Waals surface area (Å²) in [7, 11) is 0. The van der Waals surface area contributed by atoms with E-state index in [2.05, 4.69) is 23.5 Å². The van der Waals surface area contributed by atoms with Crippen LogP contribution in [0.5, 0.6) is 0 Å². The van der Waals surface area contributed by atoms with Crippen LogP contribution in [0.25, 0.3) is 11.1 Å². The fraction of sp³-hybridized carbons (Fsp3) is 0.333. The summed E-state index contributed by atoms with van der Waals surface area (Å²) in [6.45, 7) is 2.25. The Hall–Kier alpha value is -1.02. The van der Waals surface area contributed by atoms with E-state index in [4.69, 9.17) is 23.2 Å². The second-order valence-electron chi connectivity index (χ2n) is 6.06. The molecule has 1 aliphatic carbocycles. The van der Waals surface area contributed by atoms with Crippen molar-refractivity contribution < 1.29 is 0 Å². The summed E-state index contributed by atoms with van der Waals surface area (Å²) in [5.74, 6) is 1.45. The van der Waals surface area contributed by atoms with Crippen molar-refractivity contribution in [3.05, 3.63) is 57.6 Å². The molecule has 0 spiro atoms. The molecule has 0 unspecified atom stereocenters. The Labute approximate surface area is 135 Å². The minimum Gasteiger partial charge on any atom is -0.316 e. The van der Waals surface area contributed by atoms with Crippen molar-refractivity contribution in [3.8, 4) is 11.1 Å². The number of hydrogen-bond donors (Lipinski definition) is 1.